The molecular formula is C25H22O2S. The van der Waals surface area contributed by atoms with Crippen molar-refractivity contribution in [2.45, 2.75) is 28.6 Å². The summed E-state index contributed by atoms with van der Waals surface area (Å²) in [5.41, 5.74) is 2.72. The van der Waals surface area contributed by atoms with Gasteiger partial charge in [0.15, 0.2) is 0 Å². The predicted octanol–water partition coefficient (Wildman–Crippen LogP) is 5.87. The minimum atomic E-state index is -3.63. The molecule has 0 aromatic heterocycles. The third-order valence-electron chi connectivity index (χ3n) is 6.13. The highest BCUT2D eigenvalue weighted by Gasteiger charge is 2.39. The third-order valence-corrected chi connectivity index (χ3v) is 8.02. The number of rotatable bonds is 4. The Kier molecular flexibility index (Phi) is 4.21. The minimum absolute atomic E-state index is 0.271. The highest BCUT2D eigenvalue weighted by molar-refractivity contribution is 7.91. The van der Waals surface area contributed by atoms with E-state index in [-0.39, 0.29) is 5.92 Å². The second-order valence-corrected chi connectivity index (χ2v) is 9.68. The van der Waals surface area contributed by atoms with Gasteiger partial charge in [0.05, 0.1) is 9.79 Å². The molecule has 3 unspecified atom stereocenters. The first kappa shape index (κ1) is 17.4. The lowest BCUT2D eigenvalue weighted by Crippen LogP contribution is -2.13. The van der Waals surface area contributed by atoms with Crippen LogP contribution in [0.1, 0.15) is 24.3 Å². The molecule has 2 nitrogen and oxygen atoms in total. The van der Waals surface area contributed by atoms with Gasteiger partial charge in [0.2, 0.25) is 9.84 Å². The lowest BCUT2D eigenvalue weighted by Gasteiger charge is -2.24. The molecule has 0 spiro atoms. The van der Waals surface area contributed by atoms with Crippen LogP contribution in [0.15, 0.2) is 101 Å². The van der Waals surface area contributed by atoms with Crippen molar-refractivity contribution in [2.75, 3.05) is 0 Å². The smallest absolute Gasteiger partial charge is 0.207 e. The Hall–Kier alpha value is -2.65. The molecule has 1 saturated carbocycles. The van der Waals surface area contributed by atoms with Crippen LogP contribution in [0.5, 0.6) is 0 Å². The SMILES string of the molecule is O=S(=O)(c1ccccc1)c1c(-c2ccccc2)cccc1C1CC2C=CC1C2. The average molecular weight is 387 g/mol. The molecule has 2 bridgehead atoms. The molecule has 0 radical (unpaired) electrons. The largest absolute Gasteiger partial charge is 0.218 e. The molecule has 28 heavy (non-hydrogen) atoms. The second kappa shape index (κ2) is 6.75. The summed E-state index contributed by atoms with van der Waals surface area (Å²) in [6.07, 6.45) is 6.77. The minimum Gasteiger partial charge on any atom is -0.218 e. The quantitative estimate of drug-likeness (QED) is 0.526. The van der Waals surface area contributed by atoms with E-state index < -0.39 is 9.84 Å². The normalized spacial score (nSPS) is 23.2. The Morgan fingerprint density at radius 1 is 0.714 bits per heavy atom. The standard InChI is InChI=1S/C25H22O2S/c26-28(27,21-10-5-2-6-11-21)25-22(19-8-3-1-4-9-19)12-7-13-23(25)24-17-18-14-15-20(24)16-18/h1-15,18,20,24H,16-17H2. The van der Waals surface area contributed by atoms with Gasteiger partial charge < -0.3 is 0 Å². The first-order valence-electron chi connectivity index (χ1n) is 9.81. The Morgan fingerprint density at radius 3 is 2.07 bits per heavy atom. The molecule has 1 fully saturated rings. The number of hydrogen-bond donors (Lipinski definition) is 0. The van der Waals surface area contributed by atoms with Crippen LogP contribution in [0, 0.1) is 11.8 Å². The van der Waals surface area contributed by atoms with Crippen molar-refractivity contribution in [3.05, 3.63) is 96.6 Å². The molecule has 3 aromatic carbocycles. The summed E-state index contributed by atoms with van der Waals surface area (Å²) < 4.78 is 27.6. The molecule has 2 aliphatic carbocycles. The van der Waals surface area contributed by atoms with Crippen LogP contribution in [-0.4, -0.2) is 8.42 Å². The number of hydrogen-bond acceptors (Lipinski definition) is 2. The molecule has 5 rings (SSSR count). The zero-order valence-electron chi connectivity index (χ0n) is 15.5. The van der Waals surface area contributed by atoms with E-state index in [9.17, 15) is 8.42 Å². The van der Waals surface area contributed by atoms with Crippen LogP contribution in [-0.2, 0) is 9.84 Å². The molecule has 0 saturated heterocycles. The molecular weight excluding hydrogens is 364 g/mol. The highest BCUT2D eigenvalue weighted by atomic mass is 32.2. The van der Waals surface area contributed by atoms with Crippen LogP contribution < -0.4 is 0 Å². The first-order valence-corrected chi connectivity index (χ1v) is 11.3. The van der Waals surface area contributed by atoms with Gasteiger partial charge in [-0.05, 0) is 53.9 Å². The average Bonchev–Trinajstić information content (AvgIpc) is 3.38. The van der Waals surface area contributed by atoms with Gasteiger partial charge in [-0.3, -0.25) is 0 Å². The summed E-state index contributed by atoms with van der Waals surface area (Å²) in [6, 6.07) is 24.7. The van der Waals surface area contributed by atoms with Crippen LogP contribution in [0.4, 0.5) is 0 Å². The van der Waals surface area contributed by atoms with Crippen molar-refractivity contribution in [3.8, 4) is 11.1 Å². The maximum absolute atomic E-state index is 13.8. The fraction of sp³-hybridized carbons (Fsp3) is 0.200. The van der Waals surface area contributed by atoms with Crippen molar-refractivity contribution in [1.82, 2.24) is 0 Å². The van der Waals surface area contributed by atoms with Gasteiger partial charge in [0.25, 0.3) is 0 Å². The Morgan fingerprint density at radius 2 is 1.43 bits per heavy atom. The van der Waals surface area contributed by atoms with E-state index in [2.05, 4.69) is 12.2 Å². The van der Waals surface area contributed by atoms with Crippen LogP contribution in [0.2, 0.25) is 0 Å². The van der Waals surface area contributed by atoms with Gasteiger partial charge >= 0.3 is 0 Å². The Labute approximate surface area is 166 Å². The van der Waals surface area contributed by atoms with Gasteiger partial charge in [-0.2, -0.15) is 0 Å². The lowest BCUT2D eigenvalue weighted by molar-refractivity contribution is 0.565. The van der Waals surface area contributed by atoms with Crippen LogP contribution >= 0.6 is 0 Å². The van der Waals surface area contributed by atoms with Gasteiger partial charge in [0, 0.05) is 5.56 Å². The summed E-state index contributed by atoms with van der Waals surface area (Å²) in [7, 11) is -3.63. The van der Waals surface area contributed by atoms with Gasteiger partial charge in [-0.15, -0.1) is 0 Å². The predicted molar refractivity (Wildman–Crippen MR) is 112 cm³/mol. The molecule has 0 aliphatic heterocycles. The number of fused-ring (bicyclic) bond motifs is 2. The summed E-state index contributed by atoms with van der Waals surface area (Å²) in [6.45, 7) is 0. The van der Waals surface area contributed by atoms with Crippen LogP contribution in [0.3, 0.4) is 0 Å². The molecule has 140 valence electrons. The molecule has 3 heteroatoms. The van der Waals surface area contributed by atoms with Crippen molar-refractivity contribution < 1.29 is 8.42 Å². The van der Waals surface area contributed by atoms with Gasteiger partial charge in [-0.1, -0.05) is 78.9 Å². The van der Waals surface area contributed by atoms with E-state index in [4.69, 9.17) is 0 Å². The lowest BCUT2D eigenvalue weighted by atomic mass is 9.85. The summed E-state index contributed by atoms with van der Waals surface area (Å²) >= 11 is 0. The molecule has 0 heterocycles. The number of allylic oxidation sites excluding steroid dienone is 2. The third kappa shape index (κ3) is 2.82. The molecule has 3 atom stereocenters. The summed E-state index contributed by atoms with van der Waals surface area (Å²) in [5, 5.41) is 0. The van der Waals surface area contributed by atoms with E-state index in [1.807, 2.05) is 54.6 Å². The van der Waals surface area contributed by atoms with E-state index >= 15 is 0 Å². The maximum Gasteiger partial charge on any atom is 0.207 e. The van der Waals surface area contributed by atoms with Gasteiger partial charge in [0.1, 0.15) is 0 Å². The zero-order chi connectivity index (χ0) is 19.1. The van der Waals surface area contributed by atoms with Crippen molar-refractivity contribution in [2.24, 2.45) is 11.8 Å². The fourth-order valence-corrected chi connectivity index (χ4v) is 6.60. The first-order chi connectivity index (χ1) is 13.6. The molecule has 2 aliphatic rings. The fourth-order valence-electron chi connectivity index (χ4n) is 4.85. The number of benzene rings is 3. The van der Waals surface area contributed by atoms with E-state index in [1.54, 1.807) is 24.3 Å². The molecule has 3 aromatic rings. The maximum atomic E-state index is 13.8. The van der Waals surface area contributed by atoms with Crippen molar-refractivity contribution in [3.63, 3.8) is 0 Å². The van der Waals surface area contributed by atoms with Crippen LogP contribution in [0.25, 0.3) is 11.1 Å². The highest BCUT2D eigenvalue weighted by Crippen LogP contribution is 2.51. The van der Waals surface area contributed by atoms with Crippen molar-refractivity contribution >= 4 is 9.84 Å². The summed E-state index contributed by atoms with van der Waals surface area (Å²) in [5.74, 6) is 1.30. The number of sulfone groups is 1. The Balaban J connectivity index is 1.76. The second-order valence-electron chi connectivity index (χ2n) is 7.79. The Bertz CT molecular complexity index is 1130. The van der Waals surface area contributed by atoms with E-state index in [1.165, 1.54) is 0 Å². The van der Waals surface area contributed by atoms with Crippen molar-refractivity contribution in [1.29, 1.82) is 0 Å². The summed E-state index contributed by atoms with van der Waals surface area (Å²) in [4.78, 5) is 0.844. The van der Waals surface area contributed by atoms with E-state index in [0.717, 1.165) is 29.5 Å². The zero-order valence-corrected chi connectivity index (χ0v) is 16.3. The topological polar surface area (TPSA) is 34.1 Å². The van der Waals surface area contributed by atoms with Gasteiger partial charge in [-0.25, -0.2) is 8.42 Å². The molecule has 0 N–H and O–H groups in total. The molecule has 0 amide bonds. The monoisotopic (exact) mass is 386 g/mol. The van der Waals surface area contributed by atoms with E-state index in [0.29, 0.717) is 21.6 Å².